The molecular formula is C13H13NO3. The van der Waals surface area contributed by atoms with Gasteiger partial charge in [-0.3, -0.25) is 4.79 Å². The van der Waals surface area contributed by atoms with Gasteiger partial charge in [-0.1, -0.05) is 17.3 Å². The molecule has 4 heteroatoms. The summed E-state index contributed by atoms with van der Waals surface area (Å²) in [6, 6.07) is 5.75. The number of carbonyl (C=O) groups is 1. The van der Waals surface area contributed by atoms with Crippen molar-refractivity contribution in [3.05, 3.63) is 30.0 Å². The topological polar surface area (TPSA) is 63.3 Å². The number of aromatic nitrogens is 1. The van der Waals surface area contributed by atoms with Crippen LogP contribution in [-0.4, -0.2) is 16.2 Å². The third-order valence-electron chi connectivity index (χ3n) is 3.42. The van der Waals surface area contributed by atoms with Crippen molar-refractivity contribution in [3.63, 3.8) is 0 Å². The number of rotatable bonds is 4. The van der Waals surface area contributed by atoms with Crippen molar-refractivity contribution in [1.29, 1.82) is 0 Å². The lowest BCUT2D eigenvalue weighted by molar-refractivity contribution is -0.137. The minimum atomic E-state index is -0.740. The maximum atomic E-state index is 11.0. The highest BCUT2D eigenvalue weighted by molar-refractivity contribution is 5.81. The fourth-order valence-corrected chi connectivity index (χ4v) is 2.46. The highest BCUT2D eigenvalue weighted by Crippen LogP contribution is 2.46. The van der Waals surface area contributed by atoms with Crippen LogP contribution in [0, 0.1) is 5.92 Å². The quantitative estimate of drug-likeness (QED) is 0.878. The van der Waals surface area contributed by atoms with Gasteiger partial charge in [0.1, 0.15) is 0 Å². The summed E-state index contributed by atoms with van der Waals surface area (Å²) in [5.41, 5.74) is 1.80. The number of fused-ring (bicyclic) bond motifs is 1. The van der Waals surface area contributed by atoms with Crippen molar-refractivity contribution >= 4 is 16.9 Å². The average Bonchev–Trinajstić information content (AvgIpc) is 3.02. The van der Waals surface area contributed by atoms with E-state index < -0.39 is 5.97 Å². The van der Waals surface area contributed by atoms with Crippen LogP contribution in [-0.2, 0) is 4.79 Å². The van der Waals surface area contributed by atoms with Gasteiger partial charge in [0.25, 0.3) is 0 Å². The van der Waals surface area contributed by atoms with Crippen LogP contribution >= 0.6 is 0 Å². The molecule has 4 nitrogen and oxygen atoms in total. The number of carboxylic acid groups (broad SMARTS) is 1. The number of benzene rings is 1. The molecule has 0 amide bonds. The third-order valence-corrected chi connectivity index (χ3v) is 3.42. The molecule has 0 radical (unpaired) electrons. The second-order valence-corrected chi connectivity index (χ2v) is 4.63. The van der Waals surface area contributed by atoms with Gasteiger partial charge in [0.05, 0.1) is 12.6 Å². The van der Waals surface area contributed by atoms with Crippen LogP contribution in [0.4, 0.5) is 0 Å². The Labute approximate surface area is 98.2 Å². The Kier molecular flexibility index (Phi) is 2.35. The molecule has 17 heavy (non-hydrogen) atoms. The smallest absolute Gasteiger partial charge is 0.303 e. The maximum absolute atomic E-state index is 11.0. The summed E-state index contributed by atoms with van der Waals surface area (Å²) in [6.45, 7) is 0. The Hall–Kier alpha value is -1.84. The van der Waals surface area contributed by atoms with E-state index in [4.69, 9.17) is 9.63 Å². The molecule has 2 aromatic rings. The van der Waals surface area contributed by atoms with Crippen LogP contribution in [0.3, 0.4) is 0 Å². The molecule has 1 N–H and O–H groups in total. The van der Waals surface area contributed by atoms with Crippen molar-refractivity contribution in [2.45, 2.75) is 25.2 Å². The fraction of sp³-hybridized carbons (Fsp3) is 0.385. The van der Waals surface area contributed by atoms with Crippen LogP contribution in [0.25, 0.3) is 11.0 Å². The highest BCUT2D eigenvalue weighted by Gasteiger charge is 2.34. The van der Waals surface area contributed by atoms with Gasteiger partial charge in [0.2, 0.25) is 0 Å². The van der Waals surface area contributed by atoms with E-state index in [-0.39, 0.29) is 12.3 Å². The van der Waals surface area contributed by atoms with E-state index in [1.807, 2.05) is 18.2 Å². The second kappa shape index (κ2) is 3.87. The highest BCUT2D eigenvalue weighted by atomic mass is 16.5. The zero-order valence-electron chi connectivity index (χ0n) is 9.30. The van der Waals surface area contributed by atoms with E-state index >= 15 is 0 Å². The van der Waals surface area contributed by atoms with E-state index in [0.717, 1.165) is 29.4 Å². The lowest BCUT2D eigenvalue weighted by Crippen LogP contribution is -2.08. The molecular weight excluding hydrogens is 218 g/mol. The number of aliphatic carboxylic acids is 1. The molecule has 1 unspecified atom stereocenters. The largest absolute Gasteiger partial charge is 0.481 e. The Morgan fingerprint density at radius 1 is 1.53 bits per heavy atom. The summed E-state index contributed by atoms with van der Waals surface area (Å²) < 4.78 is 5.12. The molecule has 1 aliphatic carbocycles. The first-order chi connectivity index (χ1) is 8.25. The maximum Gasteiger partial charge on any atom is 0.303 e. The zero-order chi connectivity index (χ0) is 11.8. The molecule has 1 aromatic heterocycles. The first kappa shape index (κ1) is 10.3. The van der Waals surface area contributed by atoms with Crippen molar-refractivity contribution in [1.82, 2.24) is 5.16 Å². The molecule has 88 valence electrons. The van der Waals surface area contributed by atoms with E-state index in [0.29, 0.717) is 5.92 Å². The molecule has 0 spiro atoms. The summed E-state index contributed by atoms with van der Waals surface area (Å²) in [4.78, 5) is 11.0. The zero-order valence-corrected chi connectivity index (χ0v) is 9.30. The van der Waals surface area contributed by atoms with Gasteiger partial charge < -0.3 is 9.63 Å². The predicted octanol–water partition coefficient (Wildman–Crippen LogP) is 2.80. The fourth-order valence-electron chi connectivity index (χ4n) is 2.46. The van der Waals surface area contributed by atoms with Gasteiger partial charge in [-0.15, -0.1) is 0 Å². The third kappa shape index (κ3) is 1.90. The molecule has 0 aliphatic heterocycles. The van der Waals surface area contributed by atoms with Crippen LogP contribution in [0.5, 0.6) is 0 Å². The predicted molar refractivity (Wildman–Crippen MR) is 61.7 cm³/mol. The second-order valence-electron chi connectivity index (χ2n) is 4.63. The van der Waals surface area contributed by atoms with E-state index in [1.165, 1.54) is 0 Å². The van der Waals surface area contributed by atoms with Crippen LogP contribution in [0.1, 0.15) is 30.7 Å². The molecule has 1 aromatic carbocycles. The molecule has 0 saturated heterocycles. The Balaban J connectivity index is 2.04. The monoisotopic (exact) mass is 231 g/mol. The van der Waals surface area contributed by atoms with Crippen LogP contribution in [0.15, 0.2) is 28.9 Å². The van der Waals surface area contributed by atoms with Crippen LogP contribution < -0.4 is 0 Å². The Morgan fingerprint density at radius 3 is 3.06 bits per heavy atom. The summed E-state index contributed by atoms with van der Waals surface area (Å²) in [5, 5.41) is 13.7. The van der Waals surface area contributed by atoms with Gasteiger partial charge in [0, 0.05) is 5.39 Å². The van der Waals surface area contributed by atoms with Gasteiger partial charge in [0.15, 0.2) is 5.58 Å². The van der Waals surface area contributed by atoms with Crippen molar-refractivity contribution in [3.8, 4) is 0 Å². The minimum absolute atomic E-state index is 0.0931. The van der Waals surface area contributed by atoms with Gasteiger partial charge >= 0.3 is 5.97 Å². The lowest BCUT2D eigenvalue weighted by Gasteiger charge is -2.14. The molecule has 3 rings (SSSR count). The first-order valence-electron chi connectivity index (χ1n) is 5.81. The van der Waals surface area contributed by atoms with Crippen LogP contribution in [0.2, 0.25) is 0 Å². The summed E-state index contributed by atoms with van der Waals surface area (Å²) in [5.74, 6) is -0.141. The summed E-state index contributed by atoms with van der Waals surface area (Å²) >= 11 is 0. The normalized spacial score (nSPS) is 17.2. The average molecular weight is 231 g/mol. The van der Waals surface area contributed by atoms with E-state index in [2.05, 4.69) is 5.16 Å². The van der Waals surface area contributed by atoms with Gasteiger partial charge in [-0.25, -0.2) is 0 Å². The van der Waals surface area contributed by atoms with Gasteiger partial charge in [-0.05, 0) is 36.3 Å². The number of carboxylic acids is 1. The summed E-state index contributed by atoms with van der Waals surface area (Å²) in [7, 11) is 0. The molecule has 0 bridgehead atoms. The molecule has 1 atom stereocenters. The minimum Gasteiger partial charge on any atom is -0.481 e. The molecule has 1 aliphatic rings. The first-order valence-corrected chi connectivity index (χ1v) is 5.81. The molecule has 1 saturated carbocycles. The van der Waals surface area contributed by atoms with Crippen molar-refractivity contribution in [2.75, 3.05) is 0 Å². The Morgan fingerprint density at radius 2 is 2.35 bits per heavy atom. The lowest BCUT2D eigenvalue weighted by atomic mass is 9.89. The summed E-state index contributed by atoms with van der Waals surface area (Å²) in [6.07, 6.45) is 4.12. The number of hydrogen-bond donors (Lipinski definition) is 1. The number of nitrogens with zero attached hydrogens (tertiary/aromatic N) is 1. The van der Waals surface area contributed by atoms with E-state index in [9.17, 15) is 4.79 Å². The standard InChI is InChI=1S/C13H13NO3/c15-13(16)6-10(8-4-5-8)9-2-1-3-12-11(9)7-14-17-12/h1-3,7-8,10H,4-6H2,(H,15,16). The van der Waals surface area contributed by atoms with Gasteiger partial charge in [-0.2, -0.15) is 0 Å². The molecule has 1 heterocycles. The molecule has 1 fully saturated rings. The van der Waals surface area contributed by atoms with E-state index in [1.54, 1.807) is 6.20 Å². The number of hydrogen-bond acceptors (Lipinski definition) is 3. The SMILES string of the molecule is O=C(O)CC(c1cccc2oncc12)C1CC1. The Bertz CT molecular complexity index is 557. The van der Waals surface area contributed by atoms with Crippen molar-refractivity contribution < 1.29 is 14.4 Å². The van der Waals surface area contributed by atoms with Crippen molar-refractivity contribution in [2.24, 2.45) is 5.92 Å².